The highest BCUT2D eigenvalue weighted by atomic mass is 16.2. The Morgan fingerprint density at radius 2 is 2.18 bits per heavy atom. The molecule has 0 atom stereocenters. The number of nitrogens with zero attached hydrogens (tertiary/aromatic N) is 1. The fraction of sp³-hybridized carbons (Fsp3) is 0.167. The van der Waals surface area contributed by atoms with E-state index in [-0.39, 0.29) is 12.5 Å². The van der Waals surface area contributed by atoms with Gasteiger partial charge in [0.15, 0.2) is 0 Å². The molecule has 0 aliphatic rings. The number of amides is 1. The number of aryl methyl sites for hydroxylation is 1. The van der Waals surface area contributed by atoms with Crippen LogP contribution in [-0.2, 0) is 11.3 Å². The van der Waals surface area contributed by atoms with Crippen LogP contribution >= 0.6 is 0 Å². The van der Waals surface area contributed by atoms with Gasteiger partial charge in [0.2, 0.25) is 0 Å². The van der Waals surface area contributed by atoms with Gasteiger partial charge in [-0.3, -0.25) is 10.2 Å². The van der Waals surface area contributed by atoms with Crippen molar-refractivity contribution in [3.8, 4) is 0 Å². The number of rotatable bonds is 2. The highest BCUT2D eigenvalue weighted by Crippen LogP contribution is 2.12. The molecule has 17 heavy (non-hydrogen) atoms. The van der Waals surface area contributed by atoms with Crippen LogP contribution in [0.4, 0.5) is 0 Å². The summed E-state index contributed by atoms with van der Waals surface area (Å²) in [5.74, 6) is 4.83. The van der Waals surface area contributed by atoms with E-state index >= 15 is 0 Å². The second-order valence-corrected chi connectivity index (χ2v) is 3.87. The summed E-state index contributed by atoms with van der Waals surface area (Å²) in [4.78, 5) is 11.4. The van der Waals surface area contributed by atoms with E-state index in [2.05, 4.69) is 5.43 Å². The highest BCUT2D eigenvalue weighted by Gasteiger charge is 2.07. The summed E-state index contributed by atoms with van der Waals surface area (Å²) in [6, 6.07) is 9.27. The van der Waals surface area contributed by atoms with E-state index in [9.17, 15) is 4.79 Å². The number of nitrogens with two attached hydrogens (primary N) is 1. The zero-order chi connectivity index (χ0) is 12.4. The van der Waals surface area contributed by atoms with Crippen LogP contribution < -0.4 is 16.6 Å². The number of hydrogen-bond donors (Lipinski definition) is 3. The summed E-state index contributed by atoms with van der Waals surface area (Å²) in [5, 5.41) is 9.17. The van der Waals surface area contributed by atoms with Crippen molar-refractivity contribution in [2.45, 2.75) is 13.5 Å². The van der Waals surface area contributed by atoms with Gasteiger partial charge in [0.25, 0.3) is 5.91 Å². The van der Waals surface area contributed by atoms with Gasteiger partial charge < -0.3 is 9.98 Å². The number of para-hydroxylation sites is 1. The van der Waals surface area contributed by atoms with E-state index in [4.69, 9.17) is 11.3 Å². The Bertz CT molecular complexity index is 630. The molecule has 1 aromatic heterocycles. The summed E-state index contributed by atoms with van der Waals surface area (Å²) < 4.78 is 1.84. The van der Waals surface area contributed by atoms with Crippen LogP contribution in [0.3, 0.4) is 0 Å². The first-order chi connectivity index (χ1) is 8.13. The van der Waals surface area contributed by atoms with E-state index in [1.165, 1.54) is 0 Å². The number of hydrazine groups is 1. The zero-order valence-corrected chi connectivity index (χ0v) is 9.53. The third-order valence-corrected chi connectivity index (χ3v) is 2.73. The van der Waals surface area contributed by atoms with Gasteiger partial charge in [-0.05, 0) is 19.1 Å². The van der Waals surface area contributed by atoms with Crippen molar-refractivity contribution in [2.24, 2.45) is 5.84 Å². The SMILES string of the molecule is Cc1cc(=N)c2ccccc2n1CC(=O)NN. The minimum Gasteiger partial charge on any atom is -0.335 e. The molecule has 0 saturated carbocycles. The number of pyridine rings is 1. The van der Waals surface area contributed by atoms with E-state index in [0.717, 1.165) is 16.6 Å². The lowest BCUT2D eigenvalue weighted by molar-refractivity contribution is -0.121. The van der Waals surface area contributed by atoms with Crippen LogP contribution in [0.2, 0.25) is 0 Å². The summed E-state index contributed by atoms with van der Waals surface area (Å²) in [5.41, 5.74) is 3.83. The van der Waals surface area contributed by atoms with Crippen molar-refractivity contribution in [3.05, 3.63) is 41.4 Å². The molecule has 2 rings (SSSR count). The van der Waals surface area contributed by atoms with Gasteiger partial charge in [-0.2, -0.15) is 0 Å². The lowest BCUT2D eigenvalue weighted by Crippen LogP contribution is -2.34. The second kappa shape index (κ2) is 4.39. The maximum absolute atomic E-state index is 11.4. The molecular formula is C12H14N4O. The Balaban J connectivity index is 2.69. The first-order valence-electron chi connectivity index (χ1n) is 5.26. The van der Waals surface area contributed by atoms with Gasteiger partial charge in [-0.15, -0.1) is 0 Å². The van der Waals surface area contributed by atoms with E-state index in [1.54, 1.807) is 6.07 Å². The van der Waals surface area contributed by atoms with E-state index in [1.807, 2.05) is 35.8 Å². The maximum Gasteiger partial charge on any atom is 0.253 e. The molecule has 1 amide bonds. The van der Waals surface area contributed by atoms with Crippen molar-refractivity contribution in [3.63, 3.8) is 0 Å². The Morgan fingerprint density at radius 1 is 1.47 bits per heavy atom. The van der Waals surface area contributed by atoms with Gasteiger partial charge in [-0.25, -0.2) is 5.84 Å². The summed E-state index contributed by atoms with van der Waals surface area (Å²) in [6.45, 7) is 2.03. The van der Waals surface area contributed by atoms with Gasteiger partial charge in [0.1, 0.15) is 6.54 Å². The van der Waals surface area contributed by atoms with Crippen LogP contribution in [0, 0.1) is 12.3 Å². The lowest BCUT2D eigenvalue weighted by Gasteiger charge is -2.13. The third-order valence-electron chi connectivity index (χ3n) is 2.73. The molecule has 88 valence electrons. The molecule has 0 radical (unpaired) electrons. The predicted molar refractivity (Wildman–Crippen MR) is 64.9 cm³/mol. The quantitative estimate of drug-likeness (QED) is 0.397. The smallest absolute Gasteiger partial charge is 0.253 e. The molecule has 4 N–H and O–H groups in total. The Kier molecular flexibility index (Phi) is 2.93. The van der Waals surface area contributed by atoms with Crippen molar-refractivity contribution in [1.82, 2.24) is 9.99 Å². The van der Waals surface area contributed by atoms with Crippen molar-refractivity contribution in [1.29, 1.82) is 5.41 Å². The van der Waals surface area contributed by atoms with Gasteiger partial charge in [-0.1, -0.05) is 18.2 Å². The monoisotopic (exact) mass is 230 g/mol. The summed E-state index contributed by atoms with van der Waals surface area (Å²) in [6.07, 6.45) is 0. The molecule has 5 nitrogen and oxygen atoms in total. The van der Waals surface area contributed by atoms with Crippen molar-refractivity contribution >= 4 is 16.8 Å². The third kappa shape index (κ3) is 2.05. The number of hydrogen-bond acceptors (Lipinski definition) is 3. The molecule has 0 saturated heterocycles. The number of aromatic nitrogens is 1. The molecule has 0 aliphatic heterocycles. The number of carbonyl (C=O) groups is 1. The Labute approximate surface area is 98.3 Å². The van der Waals surface area contributed by atoms with Crippen molar-refractivity contribution < 1.29 is 4.79 Å². The average molecular weight is 230 g/mol. The summed E-state index contributed by atoms with van der Waals surface area (Å²) >= 11 is 0. The van der Waals surface area contributed by atoms with E-state index < -0.39 is 0 Å². The number of benzene rings is 1. The minimum atomic E-state index is -0.263. The van der Waals surface area contributed by atoms with Crippen molar-refractivity contribution in [2.75, 3.05) is 0 Å². The molecular weight excluding hydrogens is 216 g/mol. The molecule has 1 aromatic carbocycles. The fourth-order valence-electron chi connectivity index (χ4n) is 1.89. The van der Waals surface area contributed by atoms with Crippen LogP contribution in [-0.4, -0.2) is 10.5 Å². The minimum absolute atomic E-state index is 0.156. The summed E-state index contributed by atoms with van der Waals surface area (Å²) in [7, 11) is 0. The lowest BCUT2D eigenvalue weighted by atomic mass is 10.1. The van der Waals surface area contributed by atoms with Gasteiger partial charge >= 0.3 is 0 Å². The molecule has 0 bridgehead atoms. The molecule has 0 aliphatic carbocycles. The van der Waals surface area contributed by atoms with E-state index in [0.29, 0.717) is 5.36 Å². The molecule has 5 heteroatoms. The van der Waals surface area contributed by atoms with Crippen LogP contribution in [0.5, 0.6) is 0 Å². The number of carbonyl (C=O) groups excluding carboxylic acids is 1. The Morgan fingerprint density at radius 3 is 2.88 bits per heavy atom. The van der Waals surface area contributed by atoms with Gasteiger partial charge in [0.05, 0.1) is 10.9 Å². The second-order valence-electron chi connectivity index (χ2n) is 3.87. The standard InChI is InChI=1S/C12H14N4O/c1-8-6-10(13)9-4-2-3-5-11(9)16(8)7-12(17)15-14/h2-6,13H,7,14H2,1H3,(H,15,17). The maximum atomic E-state index is 11.4. The van der Waals surface area contributed by atoms with Gasteiger partial charge in [0, 0.05) is 11.1 Å². The highest BCUT2D eigenvalue weighted by molar-refractivity contribution is 5.82. The van der Waals surface area contributed by atoms with Crippen LogP contribution in [0.15, 0.2) is 30.3 Å². The molecule has 0 fully saturated rings. The fourth-order valence-corrected chi connectivity index (χ4v) is 1.89. The largest absolute Gasteiger partial charge is 0.335 e. The number of fused-ring (bicyclic) bond motifs is 1. The topological polar surface area (TPSA) is 83.9 Å². The van der Waals surface area contributed by atoms with Crippen LogP contribution in [0.1, 0.15) is 5.69 Å². The van der Waals surface area contributed by atoms with Crippen LogP contribution in [0.25, 0.3) is 10.9 Å². The molecule has 0 spiro atoms. The predicted octanol–water partition coefficient (Wildman–Crippen LogP) is 0.419. The molecule has 0 unspecified atom stereocenters. The molecule has 1 heterocycles. The zero-order valence-electron chi connectivity index (χ0n) is 9.53. The molecule has 2 aromatic rings. The Hall–Kier alpha value is -2.14. The average Bonchev–Trinajstić information content (AvgIpc) is 2.34. The normalized spacial score (nSPS) is 10.5. The number of nitrogens with one attached hydrogen (secondary N) is 2. The first-order valence-corrected chi connectivity index (χ1v) is 5.26. The first kappa shape index (κ1) is 11.3.